The Morgan fingerprint density at radius 3 is 2.17 bits per heavy atom. The van der Waals surface area contributed by atoms with Crippen LogP contribution in [0.15, 0.2) is 77.6 Å². The number of carbonyl (C=O) groups excluding carboxylic acids is 2. The third kappa shape index (κ3) is 5.81. The third-order valence-corrected chi connectivity index (χ3v) is 4.27. The van der Waals surface area contributed by atoms with Crippen LogP contribution in [0.5, 0.6) is 0 Å². The van der Waals surface area contributed by atoms with Gasteiger partial charge in [0.25, 0.3) is 0 Å². The lowest BCUT2D eigenvalue weighted by Gasteiger charge is -2.14. The van der Waals surface area contributed by atoms with Crippen LogP contribution in [0.25, 0.3) is 0 Å². The van der Waals surface area contributed by atoms with Crippen LogP contribution >= 0.6 is 0 Å². The van der Waals surface area contributed by atoms with Gasteiger partial charge in [-0.1, -0.05) is 60.7 Å². The standard InChI is InChI=1S/C23H22N2O5/c1-17(26)30-25-20(16-19-10-6-3-7-11-19)12-13-21(22(25)27)24-23(28)29-15-14-18-8-4-2-5-9-18/h2-13H,14-16H2,1H3,(H,24,28). The van der Waals surface area contributed by atoms with Crippen molar-refractivity contribution in [3.05, 3.63) is 100.0 Å². The zero-order valence-electron chi connectivity index (χ0n) is 16.5. The van der Waals surface area contributed by atoms with Crippen LogP contribution in [0, 0.1) is 0 Å². The highest BCUT2D eigenvalue weighted by Gasteiger charge is 2.15. The smallest absolute Gasteiger partial charge is 0.411 e. The van der Waals surface area contributed by atoms with E-state index in [1.165, 1.54) is 13.0 Å². The average molecular weight is 406 g/mol. The fraction of sp³-hybridized carbons (Fsp3) is 0.174. The lowest BCUT2D eigenvalue weighted by atomic mass is 10.1. The van der Waals surface area contributed by atoms with Gasteiger partial charge in [-0.2, -0.15) is 0 Å². The van der Waals surface area contributed by atoms with E-state index in [0.717, 1.165) is 15.9 Å². The molecule has 2 aromatic carbocycles. The minimum absolute atomic E-state index is 0.0437. The highest BCUT2D eigenvalue weighted by molar-refractivity contribution is 5.84. The van der Waals surface area contributed by atoms with Crippen molar-refractivity contribution in [3.8, 4) is 0 Å². The molecule has 7 nitrogen and oxygen atoms in total. The molecule has 3 aromatic rings. The molecule has 0 fully saturated rings. The van der Waals surface area contributed by atoms with Crippen molar-refractivity contribution in [2.24, 2.45) is 0 Å². The lowest BCUT2D eigenvalue weighted by Crippen LogP contribution is -2.34. The molecule has 0 aliphatic heterocycles. The molecule has 3 rings (SSSR count). The minimum atomic E-state index is -0.756. The van der Waals surface area contributed by atoms with Gasteiger partial charge >= 0.3 is 17.6 Å². The number of rotatable bonds is 7. The number of hydrogen-bond acceptors (Lipinski definition) is 5. The van der Waals surface area contributed by atoms with Gasteiger partial charge in [0, 0.05) is 19.8 Å². The predicted octanol–water partition coefficient (Wildman–Crippen LogP) is 3.21. The first-order valence-corrected chi connectivity index (χ1v) is 9.48. The molecule has 1 aromatic heterocycles. The molecule has 0 aliphatic rings. The van der Waals surface area contributed by atoms with Gasteiger partial charge < -0.3 is 9.57 Å². The molecular weight excluding hydrogens is 384 g/mol. The van der Waals surface area contributed by atoms with Crippen molar-refractivity contribution in [3.63, 3.8) is 0 Å². The summed E-state index contributed by atoms with van der Waals surface area (Å²) in [6.45, 7) is 1.37. The van der Waals surface area contributed by atoms with Gasteiger partial charge in [0.1, 0.15) is 5.69 Å². The fourth-order valence-electron chi connectivity index (χ4n) is 2.87. The van der Waals surface area contributed by atoms with E-state index in [0.29, 0.717) is 18.5 Å². The van der Waals surface area contributed by atoms with Crippen molar-refractivity contribution in [2.75, 3.05) is 11.9 Å². The van der Waals surface area contributed by atoms with Crippen molar-refractivity contribution < 1.29 is 19.2 Å². The van der Waals surface area contributed by atoms with Gasteiger partial charge in [0.15, 0.2) is 0 Å². The SMILES string of the molecule is CC(=O)On1c(Cc2ccccc2)ccc(NC(=O)OCCc2ccccc2)c1=O. The van der Waals surface area contributed by atoms with E-state index < -0.39 is 17.6 Å². The normalized spacial score (nSPS) is 10.3. The predicted molar refractivity (Wildman–Crippen MR) is 112 cm³/mol. The number of amides is 1. The molecule has 0 unspecified atom stereocenters. The second-order valence-electron chi connectivity index (χ2n) is 6.58. The van der Waals surface area contributed by atoms with Gasteiger partial charge in [0.2, 0.25) is 0 Å². The van der Waals surface area contributed by atoms with Crippen molar-refractivity contribution in [1.29, 1.82) is 0 Å². The Hall–Kier alpha value is -3.87. The Morgan fingerprint density at radius 2 is 1.53 bits per heavy atom. The van der Waals surface area contributed by atoms with Gasteiger partial charge in [-0.05, 0) is 23.3 Å². The van der Waals surface area contributed by atoms with Gasteiger partial charge in [-0.15, -0.1) is 4.73 Å². The minimum Gasteiger partial charge on any atom is -0.449 e. The van der Waals surface area contributed by atoms with Gasteiger partial charge in [-0.3, -0.25) is 10.1 Å². The molecule has 1 heterocycles. The summed E-state index contributed by atoms with van der Waals surface area (Å²) in [7, 11) is 0. The monoisotopic (exact) mass is 406 g/mol. The summed E-state index contributed by atoms with van der Waals surface area (Å²) in [6, 6.07) is 22.1. The largest absolute Gasteiger partial charge is 0.449 e. The van der Waals surface area contributed by atoms with Gasteiger partial charge in [-0.25, -0.2) is 9.59 Å². The maximum atomic E-state index is 12.8. The Bertz CT molecular complexity index is 1060. The number of ether oxygens (including phenoxy) is 1. The van der Waals surface area contributed by atoms with E-state index in [4.69, 9.17) is 9.57 Å². The summed E-state index contributed by atoms with van der Waals surface area (Å²) in [5, 5.41) is 2.42. The van der Waals surface area contributed by atoms with Crippen molar-refractivity contribution in [2.45, 2.75) is 19.8 Å². The molecule has 154 valence electrons. The highest BCUT2D eigenvalue weighted by Crippen LogP contribution is 2.10. The number of anilines is 1. The number of benzene rings is 2. The van der Waals surface area contributed by atoms with E-state index in [9.17, 15) is 14.4 Å². The molecule has 0 bridgehead atoms. The van der Waals surface area contributed by atoms with Crippen LogP contribution in [0.2, 0.25) is 0 Å². The fourth-order valence-corrected chi connectivity index (χ4v) is 2.87. The highest BCUT2D eigenvalue weighted by atomic mass is 16.7. The number of hydrogen-bond donors (Lipinski definition) is 1. The van der Waals surface area contributed by atoms with Crippen LogP contribution in [0.3, 0.4) is 0 Å². The molecule has 7 heteroatoms. The first kappa shape index (κ1) is 20.9. The van der Waals surface area contributed by atoms with Crippen molar-refractivity contribution >= 4 is 17.7 Å². The summed E-state index contributed by atoms with van der Waals surface area (Å²) in [5.74, 6) is -0.644. The van der Waals surface area contributed by atoms with Crippen LogP contribution < -0.4 is 15.7 Å². The first-order chi connectivity index (χ1) is 14.5. The molecule has 0 atom stereocenters. The quantitative estimate of drug-likeness (QED) is 0.651. The summed E-state index contributed by atoms with van der Waals surface area (Å²) in [4.78, 5) is 41.4. The molecular formula is C23H22N2O5. The van der Waals surface area contributed by atoms with Gasteiger partial charge in [0.05, 0.1) is 12.3 Å². The molecule has 0 saturated carbocycles. The maximum Gasteiger partial charge on any atom is 0.411 e. The molecule has 1 N–H and O–H groups in total. The van der Waals surface area contributed by atoms with E-state index in [1.807, 2.05) is 60.7 Å². The number of carbonyl (C=O) groups is 2. The zero-order valence-corrected chi connectivity index (χ0v) is 16.5. The van der Waals surface area contributed by atoms with E-state index in [1.54, 1.807) is 6.07 Å². The number of pyridine rings is 1. The van der Waals surface area contributed by atoms with Crippen molar-refractivity contribution in [1.82, 2.24) is 4.73 Å². The second-order valence-corrected chi connectivity index (χ2v) is 6.58. The molecule has 0 spiro atoms. The van der Waals surface area contributed by atoms with Crippen LogP contribution in [-0.4, -0.2) is 23.4 Å². The number of nitrogens with one attached hydrogen (secondary N) is 1. The summed E-state index contributed by atoms with van der Waals surface area (Å²) < 4.78 is 6.04. The van der Waals surface area contributed by atoms with E-state index in [2.05, 4.69) is 5.32 Å². The summed E-state index contributed by atoms with van der Waals surface area (Å²) in [5.41, 5.74) is 1.76. The topological polar surface area (TPSA) is 86.6 Å². The van der Waals surface area contributed by atoms with E-state index >= 15 is 0 Å². The molecule has 1 amide bonds. The summed E-state index contributed by atoms with van der Waals surface area (Å²) in [6.07, 6.45) is 0.181. The number of nitrogens with zero attached hydrogens (tertiary/aromatic N) is 1. The van der Waals surface area contributed by atoms with Crippen LogP contribution in [0.1, 0.15) is 23.7 Å². The average Bonchev–Trinajstić information content (AvgIpc) is 2.74. The Balaban J connectivity index is 1.70. The first-order valence-electron chi connectivity index (χ1n) is 9.48. The zero-order chi connectivity index (χ0) is 21.3. The number of aromatic nitrogens is 1. The third-order valence-electron chi connectivity index (χ3n) is 4.27. The molecule has 0 aliphatic carbocycles. The summed E-state index contributed by atoms with van der Waals surface area (Å²) >= 11 is 0. The molecule has 0 saturated heterocycles. The Kier molecular flexibility index (Phi) is 7.00. The lowest BCUT2D eigenvalue weighted by molar-refractivity contribution is -0.142. The molecule has 0 radical (unpaired) electrons. The van der Waals surface area contributed by atoms with E-state index in [-0.39, 0.29) is 12.3 Å². The molecule has 30 heavy (non-hydrogen) atoms. The maximum absolute atomic E-state index is 12.8. The van der Waals surface area contributed by atoms with Crippen LogP contribution in [-0.2, 0) is 22.4 Å². The Labute approximate surface area is 173 Å². The Morgan fingerprint density at radius 1 is 0.900 bits per heavy atom. The second kappa shape index (κ2) is 10.1. The van der Waals surface area contributed by atoms with Crippen LogP contribution in [0.4, 0.5) is 10.5 Å².